The SMILES string of the molecule is COc1ccc(S(=O)(=O)N(CC(=O)N(Cc2c(Cl)cccc2Cl)[C@H](Cc2ccccc2)C(=O)NC2CCCCC2)c2ccccc2)cc1. The number of methoxy groups -OCH3 is 1. The minimum atomic E-state index is -4.25. The topological polar surface area (TPSA) is 96.0 Å². The molecule has 0 saturated heterocycles. The second-order valence-electron chi connectivity index (χ2n) is 11.8. The highest BCUT2D eigenvalue weighted by atomic mass is 35.5. The van der Waals surface area contributed by atoms with Crippen molar-refractivity contribution in [1.29, 1.82) is 0 Å². The Morgan fingerprint density at radius 1 is 0.833 bits per heavy atom. The van der Waals surface area contributed by atoms with Gasteiger partial charge in [0, 0.05) is 34.6 Å². The van der Waals surface area contributed by atoms with Crippen LogP contribution in [0.2, 0.25) is 10.0 Å². The molecule has 0 unspecified atom stereocenters. The average molecular weight is 709 g/mol. The van der Waals surface area contributed by atoms with Crippen molar-refractivity contribution >= 4 is 50.7 Å². The van der Waals surface area contributed by atoms with Crippen molar-refractivity contribution in [3.05, 3.63) is 124 Å². The minimum absolute atomic E-state index is 0.0124. The molecule has 0 aromatic heterocycles. The van der Waals surface area contributed by atoms with Crippen LogP contribution in [0.4, 0.5) is 5.69 Å². The van der Waals surface area contributed by atoms with Gasteiger partial charge in [-0.25, -0.2) is 8.42 Å². The lowest BCUT2D eigenvalue weighted by Crippen LogP contribution is -2.55. The summed E-state index contributed by atoms with van der Waals surface area (Å²) in [5.74, 6) is -0.412. The van der Waals surface area contributed by atoms with Crippen LogP contribution in [0.5, 0.6) is 5.75 Å². The van der Waals surface area contributed by atoms with Crippen molar-refractivity contribution in [2.24, 2.45) is 0 Å². The molecule has 1 fully saturated rings. The molecule has 252 valence electrons. The van der Waals surface area contributed by atoms with Gasteiger partial charge in [0.15, 0.2) is 0 Å². The van der Waals surface area contributed by atoms with Gasteiger partial charge in [0.25, 0.3) is 10.0 Å². The van der Waals surface area contributed by atoms with Crippen LogP contribution in [0, 0.1) is 0 Å². The Kier molecular flexibility index (Phi) is 12.0. The first-order valence-electron chi connectivity index (χ1n) is 16.0. The summed E-state index contributed by atoms with van der Waals surface area (Å²) in [5, 5.41) is 3.86. The lowest BCUT2D eigenvalue weighted by molar-refractivity contribution is -0.140. The second-order valence-corrected chi connectivity index (χ2v) is 14.5. The van der Waals surface area contributed by atoms with Gasteiger partial charge in [0.2, 0.25) is 11.8 Å². The third-order valence-corrected chi connectivity index (χ3v) is 11.1. The Balaban J connectivity index is 1.57. The van der Waals surface area contributed by atoms with Crippen LogP contribution in [0.3, 0.4) is 0 Å². The smallest absolute Gasteiger partial charge is 0.264 e. The molecule has 1 N–H and O–H groups in total. The molecule has 0 heterocycles. The molecular formula is C37H39Cl2N3O5S. The molecule has 4 aromatic rings. The van der Waals surface area contributed by atoms with Crippen molar-refractivity contribution in [1.82, 2.24) is 10.2 Å². The molecule has 1 aliphatic rings. The molecule has 0 spiro atoms. The molecule has 4 aromatic carbocycles. The zero-order chi connectivity index (χ0) is 34.1. The monoisotopic (exact) mass is 707 g/mol. The summed E-state index contributed by atoms with van der Waals surface area (Å²) in [6.07, 6.45) is 5.06. The number of para-hydroxylation sites is 1. The predicted octanol–water partition coefficient (Wildman–Crippen LogP) is 7.29. The van der Waals surface area contributed by atoms with Gasteiger partial charge in [0.05, 0.1) is 17.7 Å². The molecule has 11 heteroatoms. The summed E-state index contributed by atoms with van der Waals surface area (Å²) in [7, 11) is -2.75. The van der Waals surface area contributed by atoms with Crippen LogP contribution in [0.1, 0.15) is 43.2 Å². The Hall–Kier alpha value is -4.05. The van der Waals surface area contributed by atoms with Crippen LogP contribution in [-0.2, 0) is 32.6 Å². The Labute approximate surface area is 292 Å². The summed E-state index contributed by atoms with van der Waals surface area (Å²) in [6, 6.07) is 27.9. The number of sulfonamides is 1. The molecule has 2 amide bonds. The van der Waals surface area contributed by atoms with E-state index in [0.29, 0.717) is 27.0 Å². The van der Waals surface area contributed by atoms with Gasteiger partial charge >= 0.3 is 0 Å². The van der Waals surface area contributed by atoms with Crippen molar-refractivity contribution in [2.75, 3.05) is 18.0 Å². The van der Waals surface area contributed by atoms with E-state index in [1.165, 1.54) is 24.1 Å². The van der Waals surface area contributed by atoms with Crippen molar-refractivity contribution in [3.63, 3.8) is 0 Å². The maximum Gasteiger partial charge on any atom is 0.264 e. The van der Waals surface area contributed by atoms with Gasteiger partial charge in [-0.2, -0.15) is 0 Å². The fourth-order valence-electron chi connectivity index (χ4n) is 5.95. The van der Waals surface area contributed by atoms with Crippen LogP contribution in [-0.4, -0.2) is 50.9 Å². The quantitative estimate of drug-likeness (QED) is 0.158. The molecule has 1 aliphatic carbocycles. The Morgan fingerprint density at radius 2 is 1.44 bits per heavy atom. The number of rotatable bonds is 13. The first kappa shape index (κ1) is 35.3. The molecule has 8 nitrogen and oxygen atoms in total. The molecular weight excluding hydrogens is 669 g/mol. The van der Waals surface area contributed by atoms with E-state index in [0.717, 1.165) is 42.0 Å². The average Bonchev–Trinajstić information content (AvgIpc) is 3.11. The van der Waals surface area contributed by atoms with E-state index in [2.05, 4.69) is 5.32 Å². The van der Waals surface area contributed by atoms with Crippen LogP contribution in [0.25, 0.3) is 0 Å². The van der Waals surface area contributed by atoms with Gasteiger partial charge in [-0.3, -0.25) is 13.9 Å². The third-order valence-electron chi connectivity index (χ3n) is 8.58. The number of benzene rings is 4. The molecule has 1 atom stereocenters. The summed E-state index contributed by atoms with van der Waals surface area (Å²) in [6.45, 7) is -0.694. The van der Waals surface area contributed by atoms with E-state index >= 15 is 0 Å². The van der Waals surface area contributed by atoms with Gasteiger partial charge in [0.1, 0.15) is 18.3 Å². The molecule has 5 rings (SSSR count). The molecule has 48 heavy (non-hydrogen) atoms. The normalized spacial score (nSPS) is 14.1. The number of hydrogen-bond donors (Lipinski definition) is 1. The first-order valence-corrected chi connectivity index (χ1v) is 18.2. The molecule has 1 saturated carbocycles. The van der Waals surface area contributed by atoms with E-state index in [1.807, 2.05) is 30.3 Å². The van der Waals surface area contributed by atoms with Crippen molar-refractivity contribution < 1.29 is 22.7 Å². The Morgan fingerprint density at radius 3 is 2.04 bits per heavy atom. The molecule has 0 aliphatic heterocycles. The van der Waals surface area contributed by atoms with E-state index in [9.17, 15) is 18.0 Å². The number of nitrogens with one attached hydrogen (secondary N) is 1. The lowest BCUT2D eigenvalue weighted by Gasteiger charge is -2.35. The van der Waals surface area contributed by atoms with Crippen molar-refractivity contribution in [2.45, 2.75) is 62.0 Å². The fraction of sp³-hybridized carbons (Fsp3) is 0.297. The number of hydrogen-bond acceptors (Lipinski definition) is 5. The largest absolute Gasteiger partial charge is 0.497 e. The third kappa shape index (κ3) is 8.69. The zero-order valence-corrected chi connectivity index (χ0v) is 29.1. The summed E-state index contributed by atoms with van der Waals surface area (Å²) < 4.78 is 34.7. The van der Waals surface area contributed by atoms with E-state index in [-0.39, 0.29) is 29.8 Å². The van der Waals surface area contributed by atoms with Crippen LogP contribution < -0.4 is 14.4 Å². The highest BCUT2D eigenvalue weighted by molar-refractivity contribution is 7.92. The predicted molar refractivity (Wildman–Crippen MR) is 190 cm³/mol. The fourth-order valence-corrected chi connectivity index (χ4v) is 7.88. The highest BCUT2D eigenvalue weighted by Crippen LogP contribution is 2.30. The van der Waals surface area contributed by atoms with Gasteiger partial charge < -0.3 is 15.0 Å². The number of amides is 2. The highest BCUT2D eigenvalue weighted by Gasteiger charge is 2.36. The number of ether oxygens (including phenoxy) is 1. The maximum absolute atomic E-state index is 14.7. The van der Waals surface area contributed by atoms with E-state index in [1.54, 1.807) is 60.7 Å². The molecule has 0 radical (unpaired) electrons. The van der Waals surface area contributed by atoms with Gasteiger partial charge in [-0.1, -0.05) is 97.1 Å². The maximum atomic E-state index is 14.7. The van der Waals surface area contributed by atoms with E-state index < -0.39 is 28.5 Å². The number of carbonyl (C=O) groups is 2. The van der Waals surface area contributed by atoms with Crippen LogP contribution >= 0.6 is 23.2 Å². The first-order chi connectivity index (χ1) is 23.2. The summed E-state index contributed by atoms with van der Waals surface area (Å²) >= 11 is 13.2. The molecule has 0 bridgehead atoms. The summed E-state index contributed by atoms with van der Waals surface area (Å²) in [4.78, 5) is 30.3. The van der Waals surface area contributed by atoms with E-state index in [4.69, 9.17) is 27.9 Å². The zero-order valence-electron chi connectivity index (χ0n) is 26.7. The number of halogens is 2. The van der Waals surface area contributed by atoms with Crippen LogP contribution in [0.15, 0.2) is 108 Å². The van der Waals surface area contributed by atoms with Gasteiger partial charge in [-0.15, -0.1) is 0 Å². The Bertz CT molecular complexity index is 1760. The standard InChI is InChI=1S/C37H39Cl2N3O5S/c1-47-30-20-22-31(23-21-30)48(45,46)42(29-16-9-4-10-17-29)26-36(43)41(25-32-33(38)18-11-19-34(32)39)35(24-27-12-5-2-6-13-27)37(44)40-28-14-7-3-8-15-28/h2,4-6,9-13,16-23,28,35H,3,7-8,14-15,24-26H2,1H3,(H,40,44)/t35-/m1/s1. The van der Waals surface area contributed by atoms with Crippen molar-refractivity contribution in [3.8, 4) is 5.75 Å². The van der Waals surface area contributed by atoms with Gasteiger partial charge in [-0.05, 0) is 66.9 Å². The number of anilines is 1. The minimum Gasteiger partial charge on any atom is -0.497 e. The number of nitrogens with zero attached hydrogens (tertiary/aromatic N) is 2. The number of carbonyl (C=O) groups excluding carboxylic acids is 2. The second kappa shape index (κ2) is 16.4. The lowest BCUT2D eigenvalue weighted by atomic mass is 9.94. The summed E-state index contributed by atoms with van der Waals surface area (Å²) in [5.41, 5.74) is 1.60.